The topological polar surface area (TPSA) is 9.23 Å². The molecule has 0 aromatic heterocycles. The highest BCUT2D eigenvalue weighted by Crippen LogP contribution is 2.16. The zero-order chi connectivity index (χ0) is 3.70. The summed E-state index contributed by atoms with van der Waals surface area (Å²) in [6.07, 6.45) is 1.23. The molecule has 1 rings (SSSR count). The first kappa shape index (κ1) is 3.58. The van der Waals surface area contributed by atoms with Crippen molar-refractivity contribution in [2.75, 3.05) is 6.61 Å². The van der Waals surface area contributed by atoms with Crippen LogP contribution in [-0.4, -0.2) is 12.5 Å². The predicted molar refractivity (Wildman–Crippen MR) is 24.1 cm³/mol. The Morgan fingerprint density at radius 1 is 1.80 bits per heavy atom. The fourth-order valence-electron chi connectivity index (χ4n) is 0.254. The molecule has 0 spiro atoms. The quantitative estimate of drug-likeness (QED) is 0.396. The Morgan fingerprint density at radius 2 is 2.20 bits per heavy atom. The zero-order valence-electron chi connectivity index (χ0n) is 2.98. The molecule has 0 amide bonds. The van der Waals surface area contributed by atoms with Crippen LogP contribution >= 0.6 is 9.24 Å². The molecule has 0 radical (unpaired) electrons. The maximum absolute atomic E-state index is 4.89. The molecule has 2 heteroatoms. The van der Waals surface area contributed by atoms with E-state index in [-0.39, 0.29) is 0 Å². The lowest BCUT2D eigenvalue weighted by Crippen LogP contribution is -2.18. The molecule has 0 saturated carbocycles. The van der Waals surface area contributed by atoms with Gasteiger partial charge in [-0.25, -0.2) is 0 Å². The van der Waals surface area contributed by atoms with Gasteiger partial charge in [0, 0.05) is 6.42 Å². The van der Waals surface area contributed by atoms with Gasteiger partial charge in [0.05, 0.1) is 12.5 Å². The van der Waals surface area contributed by atoms with E-state index in [0.29, 0.717) is 5.85 Å². The van der Waals surface area contributed by atoms with Gasteiger partial charge in [0.1, 0.15) is 0 Å². The van der Waals surface area contributed by atoms with Crippen molar-refractivity contribution in [1.29, 1.82) is 0 Å². The average Bonchev–Trinajstić information content (AvgIpc) is 1.30. The van der Waals surface area contributed by atoms with Crippen LogP contribution in [0, 0.1) is 0 Å². The first-order valence-electron chi connectivity index (χ1n) is 1.77. The second kappa shape index (κ2) is 1.24. The van der Waals surface area contributed by atoms with E-state index in [1.165, 1.54) is 6.42 Å². The number of hydrogen-bond acceptors (Lipinski definition) is 1. The molecular weight excluding hydrogens is 83.0 g/mol. The van der Waals surface area contributed by atoms with Crippen LogP contribution in [0.1, 0.15) is 6.42 Å². The van der Waals surface area contributed by atoms with Gasteiger partial charge in [-0.05, 0) is 0 Å². The van der Waals surface area contributed by atoms with Crippen LogP contribution in [0.25, 0.3) is 0 Å². The van der Waals surface area contributed by atoms with E-state index in [1.54, 1.807) is 0 Å². The van der Waals surface area contributed by atoms with Crippen molar-refractivity contribution in [2.45, 2.75) is 12.3 Å². The van der Waals surface area contributed by atoms with Crippen LogP contribution in [0.5, 0.6) is 0 Å². The van der Waals surface area contributed by atoms with E-state index >= 15 is 0 Å². The molecular formula is C3H7OP. The predicted octanol–water partition coefficient (Wildman–Crippen LogP) is 0.608. The summed E-state index contributed by atoms with van der Waals surface area (Å²) in [5, 5.41) is 0. The number of rotatable bonds is 0. The van der Waals surface area contributed by atoms with Crippen molar-refractivity contribution in [3.63, 3.8) is 0 Å². The molecule has 30 valence electrons. The fourth-order valence-corrected chi connectivity index (χ4v) is 0.526. The second-order valence-corrected chi connectivity index (χ2v) is 1.94. The van der Waals surface area contributed by atoms with Gasteiger partial charge in [-0.3, -0.25) is 0 Å². The van der Waals surface area contributed by atoms with E-state index < -0.39 is 0 Å². The molecule has 0 aliphatic carbocycles. The summed E-state index contributed by atoms with van der Waals surface area (Å²) >= 11 is 0. The molecule has 1 heterocycles. The third-order valence-corrected chi connectivity index (χ3v) is 1.26. The Kier molecular flexibility index (Phi) is 0.884. The summed E-state index contributed by atoms with van der Waals surface area (Å²) in [6.45, 7) is 0.966. The standard InChI is InChI=1S/C3H7OP/c5-3-1-2-4-3/h3H,1-2,5H2/t3-/m1/s1. The maximum Gasteiger partial charge on any atom is 0.0730 e. The monoisotopic (exact) mass is 90.0 g/mol. The molecule has 0 N–H and O–H groups in total. The summed E-state index contributed by atoms with van der Waals surface area (Å²) in [4.78, 5) is 0. The molecule has 0 aromatic carbocycles. The van der Waals surface area contributed by atoms with E-state index in [0.717, 1.165) is 6.61 Å². The van der Waals surface area contributed by atoms with Crippen molar-refractivity contribution in [3.8, 4) is 0 Å². The summed E-state index contributed by atoms with van der Waals surface area (Å²) in [6, 6.07) is 0. The molecule has 1 nitrogen and oxygen atoms in total. The van der Waals surface area contributed by atoms with Crippen LogP contribution in [0.3, 0.4) is 0 Å². The van der Waals surface area contributed by atoms with E-state index in [2.05, 4.69) is 9.24 Å². The summed E-state index contributed by atoms with van der Waals surface area (Å²) in [5.41, 5.74) is 0. The first-order chi connectivity index (χ1) is 2.39. The minimum Gasteiger partial charge on any atom is -0.374 e. The third-order valence-electron chi connectivity index (χ3n) is 0.734. The molecule has 1 aliphatic heterocycles. The number of ether oxygens (including phenoxy) is 1. The van der Waals surface area contributed by atoms with Gasteiger partial charge in [-0.15, -0.1) is 9.24 Å². The maximum atomic E-state index is 4.89. The lowest BCUT2D eigenvalue weighted by atomic mass is 10.4. The molecule has 0 aromatic rings. The molecule has 1 fully saturated rings. The zero-order valence-corrected chi connectivity index (χ0v) is 4.13. The van der Waals surface area contributed by atoms with Gasteiger partial charge in [0.2, 0.25) is 0 Å². The second-order valence-electron chi connectivity index (χ2n) is 1.20. The highest BCUT2D eigenvalue weighted by atomic mass is 31.0. The van der Waals surface area contributed by atoms with Crippen LogP contribution in [-0.2, 0) is 4.74 Å². The highest BCUT2D eigenvalue weighted by Gasteiger charge is 2.09. The van der Waals surface area contributed by atoms with Crippen molar-refractivity contribution in [2.24, 2.45) is 0 Å². The van der Waals surface area contributed by atoms with Crippen LogP contribution in [0.15, 0.2) is 0 Å². The van der Waals surface area contributed by atoms with E-state index in [9.17, 15) is 0 Å². The lowest BCUT2D eigenvalue weighted by Gasteiger charge is -2.20. The molecule has 1 aliphatic rings. The molecule has 0 bridgehead atoms. The SMILES string of the molecule is P[C@@H]1CCO1. The normalized spacial score (nSPS) is 36.6. The highest BCUT2D eigenvalue weighted by molar-refractivity contribution is 7.17. The van der Waals surface area contributed by atoms with Crippen LogP contribution < -0.4 is 0 Å². The Morgan fingerprint density at radius 3 is 2.20 bits per heavy atom. The van der Waals surface area contributed by atoms with Gasteiger partial charge < -0.3 is 4.74 Å². The Bertz CT molecular complexity index is 33.9. The van der Waals surface area contributed by atoms with E-state index in [1.807, 2.05) is 0 Å². The van der Waals surface area contributed by atoms with Gasteiger partial charge in [-0.2, -0.15) is 0 Å². The number of hydrogen-bond donors (Lipinski definition) is 0. The first-order valence-corrected chi connectivity index (χ1v) is 2.43. The van der Waals surface area contributed by atoms with Gasteiger partial charge in [0.25, 0.3) is 0 Å². The summed E-state index contributed by atoms with van der Waals surface area (Å²) in [7, 11) is 2.60. The fraction of sp³-hybridized carbons (Fsp3) is 1.00. The lowest BCUT2D eigenvalue weighted by molar-refractivity contribution is 0.00904. The molecule has 2 atom stereocenters. The van der Waals surface area contributed by atoms with Crippen molar-refractivity contribution in [3.05, 3.63) is 0 Å². The largest absolute Gasteiger partial charge is 0.374 e. The molecule has 5 heavy (non-hydrogen) atoms. The summed E-state index contributed by atoms with van der Waals surface area (Å²) < 4.78 is 4.89. The van der Waals surface area contributed by atoms with E-state index in [4.69, 9.17) is 4.74 Å². The van der Waals surface area contributed by atoms with Crippen LogP contribution in [0.4, 0.5) is 0 Å². The van der Waals surface area contributed by atoms with Gasteiger partial charge in [0.15, 0.2) is 0 Å². The van der Waals surface area contributed by atoms with Crippen LogP contribution in [0.2, 0.25) is 0 Å². The Labute approximate surface area is 33.9 Å². The molecule has 1 unspecified atom stereocenters. The summed E-state index contributed by atoms with van der Waals surface area (Å²) in [5.74, 6) is 0.481. The Balaban J connectivity index is 2.08. The Hall–Kier alpha value is 0.390. The van der Waals surface area contributed by atoms with Crippen molar-refractivity contribution in [1.82, 2.24) is 0 Å². The third kappa shape index (κ3) is 0.614. The van der Waals surface area contributed by atoms with Crippen molar-refractivity contribution < 1.29 is 4.74 Å². The van der Waals surface area contributed by atoms with Gasteiger partial charge >= 0.3 is 0 Å². The minimum absolute atomic E-state index is 0.481. The van der Waals surface area contributed by atoms with Gasteiger partial charge in [-0.1, -0.05) is 0 Å². The smallest absolute Gasteiger partial charge is 0.0730 e. The molecule has 1 saturated heterocycles. The van der Waals surface area contributed by atoms with Crippen molar-refractivity contribution >= 4 is 9.24 Å². The minimum atomic E-state index is 0.481. The average molecular weight is 90.1 g/mol.